The first-order valence-electron chi connectivity index (χ1n) is 12.7. The zero-order valence-corrected chi connectivity index (χ0v) is 21.7. The Morgan fingerprint density at radius 1 is 0.459 bits per heavy atom. The van der Waals surface area contributed by atoms with Gasteiger partial charge in [-0.15, -0.1) is 0 Å². The van der Waals surface area contributed by atoms with E-state index < -0.39 is 8.07 Å². The molecule has 0 amide bonds. The van der Waals surface area contributed by atoms with Crippen molar-refractivity contribution < 1.29 is 0 Å². The summed E-state index contributed by atoms with van der Waals surface area (Å²) in [4.78, 5) is 10.6. The number of rotatable bonds is 2. The molecule has 0 spiro atoms. The van der Waals surface area contributed by atoms with E-state index in [0.29, 0.717) is 0 Å². The summed E-state index contributed by atoms with van der Waals surface area (Å²) in [6, 6.07) is 34.4. The number of nitrogens with zero attached hydrogens (tertiary/aromatic N) is 4. The molecule has 8 rings (SSSR count). The molecule has 0 radical (unpaired) electrons. The third-order valence-corrected chi connectivity index (χ3v) is 11.0. The average molecular weight is 493 g/mol. The Labute approximate surface area is 214 Å². The van der Waals surface area contributed by atoms with Crippen molar-refractivity contribution in [2.45, 2.75) is 13.1 Å². The van der Waals surface area contributed by atoms with Crippen molar-refractivity contribution >= 4 is 73.4 Å². The molecule has 0 fully saturated rings. The van der Waals surface area contributed by atoms with Crippen molar-refractivity contribution in [3.63, 3.8) is 0 Å². The van der Waals surface area contributed by atoms with Gasteiger partial charge in [0.25, 0.3) is 0 Å². The summed E-state index contributed by atoms with van der Waals surface area (Å²) in [6.45, 7) is 4.73. The highest BCUT2D eigenvalue weighted by molar-refractivity contribution is 6.99. The number of hydrogen-bond acceptors (Lipinski definition) is 2. The lowest BCUT2D eigenvalue weighted by atomic mass is 10.1. The van der Waals surface area contributed by atoms with Gasteiger partial charge in [-0.2, -0.15) is 0 Å². The fourth-order valence-corrected chi connectivity index (χ4v) is 7.83. The van der Waals surface area contributed by atoms with Gasteiger partial charge >= 0.3 is 0 Å². The summed E-state index contributed by atoms with van der Waals surface area (Å²) in [5, 5.41) is 9.64. The van der Waals surface area contributed by atoms with E-state index in [4.69, 9.17) is 9.97 Å². The smallest absolute Gasteiger partial charge is 0.162 e. The third-order valence-electron chi connectivity index (χ3n) is 7.94. The van der Waals surface area contributed by atoms with E-state index in [0.717, 1.165) is 21.9 Å². The molecule has 8 aromatic rings. The van der Waals surface area contributed by atoms with Crippen LogP contribution in [0.2, 0.25) is 13.1 Å². The summed E-state index contributed by atoms with van der Waals surface area (Å²) >= 11 is 0. The zero-order chi connectivity index (χ0) is 24.7. The Morgan fingerprint density at radius 2 is 0.811 bits per heavy atom. The number of fused-ring (bicyclic) bond motifs is 12. The quantitative estimate of drug-likeness (QED) is 0.206. The fraction of sp³-hybridized carbons (Fsp3) is 0.0625. The van der Waals surface area contributed by atoms with Crippen LogP contribution in [0, 0.1) is 0 Å². The first-order chi connectivity index (χ1) is 18.1. The molecule has 4 aromatic carbocycles. The van der Waals surface area contributed by atoms with Crippen molar-refractivity contribution in [2.24, 2.45) is 0 Å². The van der Waals surface area contributed by atoms with Crippen molar-refractivity contribution in [3.8, 4) is 0 Å². The standard InChI is InChI=1S/C32H24N4Si/c1-37(2,29-19-35-27-17-9-7-13-23(27)21-11-3-5-15-25(21)31(35)33-29)30-20-36-28-18-10-8-14-24(28)22-12-4-6-16-26(22)32(36)34-30/h3-20H,1-2H3. The number of hydrogen-bond donors (Lipinski definition) is 0. The van der Waals surface area contributed by atoms with Crippen molar-refractivity contribution in [1.29, 1.82) is 0 Å². The first kappa shape index (κ1) is 20.7. The second kappa shape index (κ2) is 7.28. The Balaban J connectivity index is 1.42. The Hall–Kier alpha value is -4.48. The molecule has 0 saturated carbocycles. The molecule has 37 heavy (non-hydrogen) atoms. The molecule has 0 saturated heterocycles. The maximum Gasteiger partial charge on any atom is 0.162 e. The maximum atomic E-state index is 5.31. The molecular formula is C32H24N4Si. The van der Waals surface area contributed by atoms with Gasteiger partial charge in [-0.1, -0.05) is 98.0 Å². The van der Waals surface area contributed by atoms with Crippen LogP contribution in [0.25, 0.3) is 54.6 Å². The van der Waals surface area contributed by atoms with E-state index in [1.807, 2.05) is 0 Å². The van der Waals surface area contributed by atoms with Crippen LogP contribution < -0.4 is 10.6 Å². The zero-order valence-electron chi connectivity index (χ0n) is 20.7. The van der Waals surface area contributed by atoms with Gasteiger partial charge < -0.3 is 0 Å². The lowest BCUT2D eigenvalue weighted by Gasteiger charge is -2.16. The van der Waals surface area contributed by atoms with Crippen LogP contribution in [0.3, 0.4) is 0 Å². The summed E-state index contributed by atoms with van der Waals surface area (Å²) < 4.78 is 4.56. The molecule has 4 heterocycles. The normalized spacial score (nSPS) is 12.6. The highest BCUT2D eigenvalue weighted by atomic mass is 28.3. The molecule has 4 aromatic heterocycles. The summed E-state index contributed by atoms with van der Waals surface area (Å²) in [7, 11) is -2.24. The van der Waals surface area contributed by atoms with Gasteiger partial charge in [0.05, 0.1) is 11.0 Å². The van der Waals surface area contributed by atoms with Crippen LogP contribution in [0.4, 0.5) is 0 Å². The van der Waals surface area contributed by atoms with E-state index in [2.05, 4.69) is 131 Å². The van der Waals surface area contributed by atoms with Gasteiger partial charge in [-0.25, -0.2) is 9.97 Å². The van der Waals surface area contributed by atoms with Crippen LogP contribution in [-0.2, 0) is 0 Å². The minimum Gasteiger partial charge on any atom is -0.299 e. The lowest BCUT2D eigenvalue weighted by Crippen LogP contribution is -2.54. The molecule has 176 valence electrons. The largest absolute Gasteiger partial charge is 0.299 e. The van der Waals surface area contributed by atoms with Crippen LogP contribution in [0.1, 0.15) is 0 Å². The van der Waals surface area contributed by atoms with Gasteiger partial charge in [0.1, 0.15) is 11.3 Å². The van der Waals surface area contributed by atoms with Gasteiger partial charge in [0.2, 0.25) is 0 Å². The van der Waals surface area contributed by atoms with Gasteiger partial charge in [-0.05, 0) is 22.9 Å². The van der Waals surface area contributed by atoms with Crippen LogP contribution >= 0.6 is 0 Å². The number of imidazole rings is 2. The number of benzene rings is 4. The summed E-state index contributed by atoms with van der Waals surface area (Å²) in [6.07, 6.45) is 4.52. The second-order valence-corrected chi connectivity index (χ2v) is 14.7. The molecule has 5 heteroatoms. The molecule has 0 bridgehead atoms. The molecular weight excluding hydrogens is 468 g/mol. The SMILES string of the molecule is C[Si](C)(c1cn2c3ccccc3c3ccccc3c2n1)c1cn2c3ccccc3c3ccccc3c2n1. The predicted octanol–water partition coefficient (Wildman–Crippen LogP) is 6.42. The Morgan fingerprint density at radius 3 is 1.24 bits per heavy atom. The average Bonchev–Trinajstić information content (AvgIpc) is 3.61. The minimum absolute atomic E-state index is 1.02. The van der Waals surface area contributed by atoms with Crippen molar-refractivity contribution in [3.05, 3.63) is 109 Å². The van der Waals surface area contributed by atoms with E-state index in [1.54, 1.807) is 0 Å². The molecule has 0 N–H and O–H groups in total. The van der Waals surface area contributed by atoms with Gasteiger partial charge in [0.15, 0.2) is 8.07 Å². The Bertz CT molecular complexity index is 1880. The van der Waals surface area contributed by atoms with Crippen LogP contribution in [0.15, 0.2) is 109 Å². The van der Waals surface area contributed by atoms with Gasteiger partial charge in [0, 0.05) is 44.6 Å². The van der Waals surface area contributed by atoms with Crippen LogP contribution in [-0.4, -0.2) is 26.8 Å². The highest BCUT2D eigenvalue weighted by Gasteiger charge is 2.33. The van der Waals surface area contributed by atoms with E-state index >= 15 is 0 Å². The Kier molecular flexibility index (Phi) is 4.07. The second-order valence-electron chi connectivity index (χ2n) is 10.4. The molecule has 0 aliphatic heterocycles. The van der Waals surface area contributed by atoms with E-state index in [1.165, 1.54) is 43.4 Å². The van der Waals surface area contributed by atoms with Crippen molar-refractivity contribution in [2.75, 3.05) is 0 Å². The highest BCUT2D eigenvalue weighted by Crippen LogP contribution is 2.30. The first-order valence-corrected chi connectivity index (χ1v) is 15.7. The number of pyridine rings is 2. The summed E-state index contributed by atoms with van der Waals surface area (Å²) in [5.41, 5.74) is 4.41. The summed E-state index contributed by atoms with van der Waals surface area (Å²) in [5.74, 6) is 0. The minimum atomic E-state index is -2.24. The number of para-hydroxylation sites is 2. The van der Waals surface area contributed by atoms with Crippen molar-refractivity contribution in [1.82, 2.24) is 18.8 Å². The third kappa shape index (κ3) is 2.77. The number of aromatic nitrogens is 4. The molecule has 0 aliphatic carbocycles. The maximum absolute atomic E-state index is 5.31. The van der Waals surface area contributed by atoms with E-state index in [-0.39, 0.29) is 0 Å². The predicted molar refractivity (Wildman–Crippen MR) is 157 cm³/mol. The fourth-order valence-electron chi connectivity index (χ4n) is 5.89. The molecule has 0 unspecified atom stereocenters. The molecule has 0 aliphatic rings. The van der Waals surface area contributed by atoms with Gasteiger partial charge in [-0.3, -0.25) is 8.80 Å². The molecule has 0 atom stereocenters. The monoisotopic (exact) mass is 492 g/mol. The lowest BCUT2D eigenvalue weighted by molar-refractivity contribution is 1.27. The van der Waals surface area contributed by atoms with Crippen LogP contribution in [0.5, 0.6) is 0 Å². The van der Waals surface area contributed by atoms with E-state index in [9.17, 15) is 0 Å². The molecule has 4 nitrogen and oxygen atoms in total. The topological polar surface area (TPSA) is 34.6 Å².